The van der Waals surface area contributed by atoms with E-state index in [4.69, 9.17) is 20.8 Å². The first-order valence-corrected chi connectivity index (χ1v) is 7.40. The molecule has 0 amide bonds. The van der Waals surface area contributed by atoms with Crippen molar-refractivity contribution in [2.24, 2.45) is 5.50 Å². The number of nitrogens with two attached hydrogens (primary N) is 2. The summed E-state index contributed by atoms with van der Waals surface area (Å²) >= 11 is 0. The van der Waals surface area contributed by atoms with Gasteiger partial charge in [-0.15, -0.1) is 4.84 Å². The van der Waals surface area contributed by atoms with E-state index in [1.54, 1.807) is 0 Å². The predicted octanol–water partition coefficient (Wildman–Crippen LogP) is -1.53. The third kappa shape index (κ3) is 2.88. The van der Waals surface area contributed by atoms with Crippen LogP contribution in [0.2, 0.25) is 0 Å². The number of rotatable bonds is 4. The lowest BCUT2D eigenvalue weighted by atomic mass is 10.1. The number of hydrogen-bond acceptors (Lipinski definition) is 9. The number of aromatic nitrogens is 4. The molecule has 13 heteroatoms. The van der Waals surface area contributed by atoms with E-state index >= 15 is 0 Å². The summed E-state index contributed by atoms with van der Waals surface area (Å²) in [5.74, 6) is 0.186. The van der Waals surface area contributed by atoms with Crippen LogP contribution in [0.5, 0.6) is 0 Å². The number of aliphatic hydroxyl groups is 2. The Morgan fingerprint density at radius 3 is 2.91 bits per heavy atom. The van der Waals surface area contributed by atoms with Gasteiger partial charge in [-0.25, -0.2) is 20.5 Å². The van der Waals surface area contributed by atoms with E-state index in [-0.39, 0.29) is 25.6 Å². The Morgan fingerprint density at radius 1 is 1.39 bits per heavy atom. The lowest BCUT2D eigenvalue weighted by molar-refractivity contribution is -0.725. The number of ether oxygens (including phenoxy) is 1. The normalized spacial score (nSPS) is 28.6. The zero-order valence-electron chi connectivity index (χ0n) is 11.6. The summed E-state index contributed by atoms with van der Waals surface area (Å²) in [5.41, 5.74) is 11.5. The summed E-state index contributed by atoms with van der Waals surface area (Å²) in [6.45, 7) is -0.272. The fraction of sp³-hybridized carbons (Fsp3) is 0.500. The second-order valence-electron chi connectivity index (χ2n) is 4.78. The van der Waals surface area contributed by atoms with E-state index in [9.17, 15) is 15.4 Å². The highest BCUT2D eigenvalue weighted by Crippen LogP contribution is 2.32. The van der Waals surface area contributed by atoms with Gasteiger partial charge in [-0.05, 0) is 4.65 Å². The Morgan fingerprint density at radius 2 is 2.17 bits per heavy atom. The van der Waals surface area contributed by atoms with E-state index in [1.165, 1.54) is 17.2 Å². The van der Waals surface area contributed by atoms with E-state index in [1.807, 2.05) is 0 Å². The molecule has 0 radical (unpaired) electrons. The van der Waals surface area contributed by atoms with Crippen LogP contribution in [-0.4, -0.2) is 59.3 Å². The van der Waals surface area contributed by atoms with Crippen LogP contribution < -0.4 is 11.2 Å². The number of hydrogen-bond donors (Lipinski definition) is 4. The molecule has 2 aromatic heterocycles. The van der Waals surface area contributed by atoms with E-state index in [2.05, 4.69) is 15.0 Å². The molecule has 3 rings (SSSR count). The highest BCUT2D eigenvalue weighted by molar-refractivity contribution is 7.20. The number of nitrogens with zero attached hydrogens (tertiary/aromatic N) is 5. The van der Waals surface area contributed by atoms with Crippen molar-refractivity contribution in [1.29, 1.82) is 0 Å². The summed E-state index contributed by atoms with van der Waals surface area (Å²) in [4.78, 5) is 16.7. The molecular formula is C10H14N7O5P. The van der Waals surface area contributed by atoms with Gasteiger partial charge in [0.25, 0.3) is 0 Å². The van der Waals surface area contributed by atoms with E-state index in [0.29, 0.717) is 11.2 Å². The third-order valence-corrected chi connectivity index (χ3v) is 3.75. The summed E-state index contributed by atoms with van der Waals surface area (Å²) in [6, 6.07) is 0. The number of fused-ring (bicyclic) bond motifs is 1. The van der Waals surface area contributed by atoms with Crippen LogP contribution in [-0.2, 0) is 9.57 Å². The minimum absolute atomic E-state index is 0.121. The lowest BCUT2D eigenvalue weighted by Gasteiger charge is -2.16. The molecule has 1 saturated heterocycles. The molecule has 124 valence electrons. The van der Waals surface area contributed by atoms with Gasteiger partial charge >= 0.3 is 8.52 Å². The topological polar surface area (TPSA) is 181 Å². The first-order valence-electron chi connectivity index (χ1n) is 6.48. The highest BCUT2D eigenvalue weighted by atomic mass is 31.1. The number of aliphatic hydroxyl groups excluding tert-OH is 2. The van der Waals surface area contributed by atoms with Crippen LogP contribution in [0.3, 0.4) is 0 Å². The Labute approximate surface area is 130 Å². The molecule has 0 aliphatic carbocycles. The van der Waals surface area contributed by atoms with Crippen LogP contribution in [0.25, 0.3) is 11.2 Å². The minimum Gasteiger partial charge on any atom is -0.511 e. The fourth-order valence-electron chi connectivity index (χ4n) is 2.32. The Hall–Kier alpha value is -1.79. The number of nitrogen functional groups attached to an aromatic ring is 1. The molecule has 0 aromatic carbocycles. The molecule has 4 atom stereocenters. The quantitative estimate of drug-likeness (QED) is 0.375. The van der Waals surface area contributed by atoms with Gasteiger partial charge in [0, 0.05) is 0 Å². The van der Waals surface area contributed by atoms with Crippen LogP contribution in [0, 0.1) is 5.21 Å². The first-order chi connectivity index (χ1) is 11.0. The van der Waals surface area contributed by atoms with Crippen LogP contribution in [0.4, 0.5) is 5.82 Å². The molecular weight excluding hydrogens is 329 g/mol. The largest absolute Gasteiger partial charge is 0.511 e. The van der Waals surface area contributed by atoms with Gasteiger partial charge < -0.3 is 25.9 Å². The number of imidazole rings is 1. The minimum atomic E-state index is -1.27. The second-order valence-corrected chi connectivity index (χ2v) is 5.34. The molecule has 6 N–H and O–H groups in total. The molecule has 0 spiro atoms. The fourth-order valence-corrected chi connectivity index (χ4v) is 2.46. The van der Waals surface area contributed by atoms with E-state index < -0.39 is 24.5 Å². The van der Waals surface area contributed by atoms with Crippen molar-refractivity contribution in [3.05, 3.63) is 17.9 Å². The molecule has 1 aliphatic heterocycles. The molecule has 1 aliphatic rings. The van der Waals surface area contributed by atoms with Gasteiger partial charge in [-0.3, -0.25) is 4.57 Å². The van der Waals surface area contributed by atoms with Gasteiger partial charge in [0.1, 0.15) is 36.8 Å². The van der Waals surface area contributed by atoms with Crippen molar-refractivity contribution < 1.29 is 24.4 Å². The average Bonchev–Trinajstić information content (AvgIpc) is 3.09. The second kappa shape index (κ2) is 6.37. The van der Waals surface area contributed by atoms with Crippen LogP contribution in [0.15, 0.2) is 12.7 Å². The van der Waals surface area contributed by atoms with Crippen molar-refractivity contribution in [1.82, 2.24) is 19.5 Å². The third-order valence-electron chi connectivity index (χ3n) is 3.44. The molecule has 0 saturated carbocycles. The maximum absolute atomic E-state index is 11.0. The van der Waals surface area contributed by atoms with Gasteiger partial charge in [0.05, 0.1) is 6.33 Å². The monoisotopic (exact) mass is 343 g/mol. The van der Waals surface area contributed by atoms with Crippen molar-refractivity contribution >= 4 is 25.5 Å². The molecule has 2 aromatic rings. The molecule has 0 unspecified atom stereocenters. The zero-order valence-corrected chi connectivity index (χ0v) is 12.5. The molecule has 1 fully saturated rings. The molecule has 23 heavy (non-hydrogen) atoms. The first kappa shape index (κ1) is 16.1. The summed E-state index contributed by atoms with van der Waals surface area (Å²) in [6.07, 6.45) is -1.80. The SMILES string of the molecule is NP=[N+]([O-])OC[C@H]1O[C@@H](n2cnc3c(N)ncnc32)[C@H](O)[C@@H]1O. The Kier molecular flexibility index (Phi) is 4.46. The maximum Gasteiger partial charge on any atom is 0.348 e. The zero-order chi connectivity index (χ0) is 16.6. The van der Waals surface area contributed by atoms with E-state index in [0.717, 1.165) is 0 Å². The van der Waals surface area contributed by atoms with Crippen LogP contribution in [0.1, 0.15) is 6.23 Å². The Balaban J connectivity index is 1.84. The van der Waals surface area contributed by atoms with Crippen molar-refractivity contribution in [2.75, 3.05) is 12.3 Å². The van der Waals surface area contributed by atoms with Gasteiger partial charge in [-0.2, -0.15) is 0 Å². The lowest BCUT2D eigenvalue weighted by Crippen LogP contribution is -2.34. The van der Waals surface area contributed by atoms with Gasteiger partial charge in [0.15, 0.2) is 17.7 Å². The van der Waals surface area contributed by atoms with Gasteiger partial charge in [-0.1, -0.05) is 0 Å². The van der Waals surface area contributed by atoms with Crippen molar-refractivity contribution in [2.45, 2.75) is 24.5 Å². The predicted molar refractivity (Wildman–Crippen MR) is 76.3 cm³/mol. The van der Waals surface area contributed by atoms with Crippen molar-refractivity contribution in [3.8, 4) is 0 Å². The standard InChI is InChI=1S/C10H14N7O5P/c11-8-5-9(14-2-13-8)16(3-15-5)10-7(19)6(18)4(22-10)1-21-17(20)23-12/h2-4,6-7,10,18-19H,1,12H2,(H2,11,13,14)/t4-,6-,7-,10-/m1/s1. The summed E-state index contributed by atoms with van der Waals surface area (Å²) in [5, 5.41) is 31.2. The average molecular weight is 343 g/mol. The molecule has 0 bridgehead atoms. The molecule has 3 heterocycles. The van der Waals surface area contributed by atoms with Gasteiger partial charge in [0.2, 0.25) is 0 Å². The number of anilines is 1. The maximum atomic E-state index is 11.0. The van der Waals surface area contributed by atoms with Crippen LogP contribution >= 0.6 is 8.52 Å². The van der Waals surface area contributed by atoms with Crippen molar-refractivity contribution in [3.63, 3.8) is 0 Å². The highest BCUT2D eigenvalue weighted by Gasteiger charge is 2.45. The Bertz CT molecular complexity index is 739. The molecule has 12 nitrogen and oxygen atoms in total. The summed E-state index contributed by atoms with van der Waals surface area (Å²) in [7, 11) is -0.135. The summed E-state index contributed by atoms with van der Waals surface area (Å²) < 4.78 is 7.11. The smallest absolute Gasteiger partial charge is 0.348 e.